The second-order valence-electron chi connectivity index (χ2n) is 3.90. The number of rotatable bonds is 7. The van der Waals surface area contributed by atoms with Crippen LogP contribution in [0.25, 0.3) is 0 Å². The molecule has 100 valence electrons. The molecule has 0 aliphatic heterocycles. The summed E-state index contributed by atoms with van der Waals surface area (Å²) in [4.78, 5) is 10.4. The second-order valence-corrected chi connectivity index (χ2v) is 4.81. The van der Waals surface area contributed by atoms with Gasteiger partial charge in [0.15, 0.2) is 0 Å². The normalized spacial score (nSPS) is 12.2. The number of halogens is 1. The van der Waals surface area contributed by atoms with E-state index in [0.717, 1.165) is 4.47 Å². The Labute approximate surface area is 114 Å². The monoisotopic (exact) mass is 317 g/mol. The number of benzene rings is 1. The molecule has 0 radical (unpaired) electrons. The molecular formula is C11H16BrN3O3. The molecule has 0 heterocycles. The van der Waals surface area contributed by atoms with Gasteiger partial charge in [0.25, 0.3) is 5.69 Å². The van der Waals surface area contributed by atoms with Gasteiger partial charge in [-0.3, -0.25) is 10.1 Å². The third-order valence-electron chi connectivity index (χ3n) is 2.21. The molecule has 0 saturated heterocycles. The van der Waals surface area contributed by atoms with E-state index in [0.29, 0.717) is 25.3 Å². The van der Waals surface area contributed by atoms with Crippen LogP contribution in [-0.4, -0.2) is 35.8 Å². The smallest absolute Gasteiger partial charge is 0.292 e. The molecule has 3 N–H and O–H groups in total. The molecule has 0 fully saturated rings. The number of anilines is 1. The van der Waals surface area contributed by atoms with Crippen molar-refractivity contribution in [2.75, 3.05) is 25.0 Å². The third-order valence-corrected chi connectivity index (χ3v) is 2.71. The molecule has 1 aromatic carbocycles. The Morgan fingerprint density at radius 1 is 1.50 bits per heavy atom. The van der Waals surface area contributed by atoms with Gasteiger partial charge >= 0.3 is 0 Å². The van der Waals surface area contributed by atoms with Crippen LogP contribution in [-0.2, 0) is 0 Å². The predicted octanol–water partition coefficient (Wildman–Crippen LogP) is 1.74. The first-order chi connectivity index (χ1) is 8.50. The summed E-state index contributed by atoms with van der Waals surface area (Å²) in [5.41, 5.74) is 0.530. The van der Waals surface area contributed by atoms with Gasteiger partial charge in [-0.05, 0) is 19.1 Å². The first-order valence-corrected chi connectivity index (χ1v) is 6.36. The Kier molecular flexibility index (Phi) is 6.03. The van der Waals surface area contributed by atoms with Gasteiger partial charge < -0.3 is 15.7 Å². The summed E-state index contributed by atoms with van der Waals surface area (Å²) in [6.45, 7) is 3.36. The molecule has 0 bridgehead atoms. The highest BCUT2D eigenvalue weighted by Crippen LogP contribution is 2.27. The summed E-state index contributed by atoms with van der Waals surface area (Å²) in [5, 5.41) is 25.9. The lowest BCUT2D eigenvalue weighted by molar-refractivity contribution is -0.384. The SMILES string of the molecule is CC(O)CNCCNc1cc(Br)ccc1[N+](=O)[O-]. The van der Waals surface area contributed by atoms with Crippen molar-refractivity contribution in [3.8, 4) is 0 Å². The van der Waals surface area contributed by atoms with Crippen LogP contribution in [0.3, 0.4) is 0 Å². The number of nitro benzene ring substituents is 1. The van der Waals surface area contributed by atoms with E-state index in [4.69, 9.17) is 5.11 Å². The molecular weight excluding hydrogens is 302 g/mol. The predicted molar refractivity (Wildman–Crippen MR) is 73.8 cm³/mol. The van der Waals surface area contributed by atoms with Crippen molar-refractivity contribution in [3.63, 3.8) is 0 Å². The molecule has 1 aromatic rings. The molecule has 0 spiro atoms. The average molecular weight is 318 g/mol. The van der Waals surface area contributed by atoms with Gasteiger partial charge in [0.05, 0.1) is 11.0 Å². The first kappa shape index (κ1) is 14.9. The molecule has 0 amide bonds. The maximum Gasteiger partial charge on any atom is 0.292 e. The van der Waals surface area contributed by atoms with Crippen LogP contribution in [0.2, 0.25) is 0 Å². The summed E-state index contributed by atoms with van der Waals surface area (Å²) >= 11 is 3.28. The van der Waals surface area contributed by atoms with Crippen LogP contribution in [0, 0.1) is 10.1 Å². The fraction of sp³-hybridized carbons (Fsp3) is 0.455. The van der Waals surface area contributed by atoms with Crippen molar-refractivity contribution < 1.29 is 10.0 Å². The van der Waals surface area contributed by atoms with E-state index in [1.54, 1.807) is 19.1 Å². The Morgan fingerprint density at radius 2 is 2.22 bits per heavy atom. The maximum absolute atomic E-state index is 10.8. The van der Waals surface area contributed by atoms with Gasteiger partial charge in [-0.15, -0.1) is 0 Å². The molecule has 1 rings (SSSR count). The molecule has 0 aliphatic carbocycles. The zero-order valence-electron chi connectivity index (χ0n) is 10.0. The summed E-state index contributed by atoms with van der Waals surface area (Å²) in [6.07, 6.45) is -0.398. The minimum absolute atomic E-state index is 0.0497. The minimum atomic E-state index is -0.419. The van der Waals surface area contributed by atoms with Crippen LogP contribution in [0.4, 0.5) is 11.4 Å². The lowest BCUT2D eigenvalue weighted by Gasteiger charge is -2.09. The molecule has 0 saturated carbocycles. The van der Waals surface area contributed by atoms with Crippen molar-refractivity contribution >= 4 is 27.3 Å². The van der Waals surface area contributed by atoms with Crippen LogP contribution in [0.5, 0.6) is 0 Å². The lowest BCUT2D eigenvalue weighted by Crippen LogP contribution is -2.29. The Balaban J connectivity index is 2.50. The molecule has 18 heavy (non-hydrogen) atoms. The highest BCUT2D eigenvalue weighted by molar-refractivity contribution is 9.10. The highest BCUT2D eigenvalue weighted by atomic mass is 79.9. The largest absolute Gasteiger partial charge is 0.392 e. The Hall–Kier alpha value is -1.18. The number of aliphatic hydroxyl groups is 1. The van der Waals surface area contributed by atoms with Gasteiger partial charge in [-0.25, -0.2) is 0 Å². The summed E-state index contributed by atoms with van der Waals surface area (Å²) in [5.74, 6) is 0. The van der Waals surface area contributed by atoms with Crippen molar-refractivity contribution in [1.29, 1.82) is 0 Å². The standard InChI is InChI=1S/C11H16BrN3O3/c1-8(16)7-13-4-5-14-10-6-9(12)2-3-11(10)15(17)18/h2-3,6,8,13-14,16H,4-5,7H2,1H3. The van der Waals surface area contributed by atoms with Crippen molar-refractivity contribution in [2.45, 2.75) is 13.0 Å². The van der Waals surface area contributed by atoms with Gasteiger partial charge in [0.2, 0.25) is 0 Å². The molecule has 0 aliphatic rings. The third kappa shape index (κ3) is 4.99. The summed E-state index contributed by atoms with van der Waals surface area (Å²) in [6, 6.07) is 4.76. The molecule has 1 unspecified atom stereocenters. The number of aliphatic hydroxyl groups excluding tert-OH is 1. The van der Waals surface area contributed by atoms with E-state index in [-0.39, 0.29) is 5.69 Å². The zero-order chi connectivity index (χ0) is 13.5. The van der Waals surface area contributed by atoms with Crippen molar-refractivity contribution in [2.24, 2.45) is 0 Å². The quantitative estimate of drug-likeness (QED) is 0.405. The van der Waals surface area contributed by atoms with E-state index in [9.17, 15) is 10.1 Å². The Bertz CT molecular complexity index is 413. The molecule has 1 atom stereocenters. The minimum Gasteiger partial charge on any atom is -0.392 e. The van der Waals surface area contributed by atoms with E-state index in [1.807, 2.05) is 0 Å². The number of nitrogens with zero attached hydrogens (tertiary/aromatic N) is 1. The van der Waals surface area contributed by atoms with Crippen LogP contribution >= 0.6 is 15.9 Å². The topological polar surface area (TPSA) is 87.4 Å². The fourth-order valence-electron chi connectivity index (χ4n) is 1.41. The highest BCUT2D eigenvalue weighted by Gasteiger charge is 2.12. The van der Waals surface area contributed by atoms with E-state index in [1.165, 1.54) is 6.07 Å². The molecule has 7 heteroatoms. The molecule has 0 aromatic heterocycles. The number of hydrogen-bond donors (Lipinski definition) is 3. The van der Waals surface area contributed by atoms with Crippen LogP contribution in [0.1, 0.15) is 6.92 Å². The van der Waals surface area contributed by atoms with Crippen molar-refractivity contribution in [3.05, 3.63) is 32.8 Å². The van der Waals surface area contributed by atoms with Gasteiger partial charge in [0, 0.05) is 30.2 Å². The number of nitrogens with one attached hydrogen (secondary N) is 2. The first-order valence-electron chi connectivity index (χ1n) is 5.57. The van der Waals surface area contributed by atoms with E-state index >= 15 is 0 Å². The number of hydrogen-bond acceptors (Lipinski definition) is 5. The maximum atomic E-state index is 10.8. The lowest BCUT2D eigenvalue weighted by atomic mass is 10.2. The van der Waals surface area contributed by atoms with Crippen LogP contribution < -0.4 is 10.6 Å². The van der Waals surface area contributed by atoms with E-state index in [2.05, 4.69) is 26.6 Å². The average Bonchev–Trinajstić information content (AvgIpc) is 2.27. The van der Waals surface area contributed by atoms with Gasteiger partial charge in [0.1, 0.15) is 5.69 Å². The van der Waals surface area contributed by atoms with Gasteiger partial charge in [-0.1, -0.05) is 15.9 Å². The van der Waals surface area contributed by atoms with Crippen LogP contribution in [0.15, 0.2) is 22.7 Å². The van der Waals surface area contributed by atoms with Crippen molar-refractivity contribution in [1.82, 2.24) is 5.32 Å². The Morgan fingerprint density at radius 3 is 2.83 bits per heavy atom. The molecule has 6 nitrogen and oxygen atoms in total. The van der Waals surface area contributed by atoms with E-state index < -0.39 is 11.0 Å². The zero-order valence-corrected chi connectivity index (χ0v) is 11.6. The number of nitro groups is 1. The summed E-state index contributed by atoms with van der Waals surface area (Å²) < 4.78 is 0.785. The summed E-state index contributed by atoms with van der Waals surface area (Å²) in [7, 11) is 0. The van der Waals surface area contributed by atoms with Gasteiger partial charge in [-0.2, -0.15) is 0 Å². The second kappa shape index (κ2) is 7.30. The fourth-order valence-corrected chi connectivity index (χ4v) is 1.77.